The predicted molar refractivity (Wildman–Crippen MR) is 58.4 cm³/mol. The fourth-order valence-corrected chi connectivity index (χ4v) is 2.32. The number of hydrogen-bond acceptors (Lipinski definition) is 3. The minimum absolute atomic E-state index is 1.05. The molecule has 2 aromatic heterocycles. The van der Waals surface area contributed by atoms with Crippen molar-refractivity contribution in [1.29, 1.82) is 0 Å². The summed E-state index contributed by atoms with van der Waals surface area (Å²) >= 11 is 1.75. The molecule has 0 aromatic carbocycles. The maximum absolute atomic E-state index is 4.40. The van der Waals surface area contributed by atoms with E-state index in [1.54, 1.807) is 11.3 Å². The number of aromatic nitrogens is 3. The normalized spacial score (nSPS) is 10.8. The topological polar surface area (TPSA) is 30.7 Å². The van der Waals surface area contributed by atoms with Gasteiger partial charge in [-0.15, -0.1) is 11.3 Å². The van der Waals surface area contributed by atoms with E-state index in [2.05, 4.69) is 17.0 Å². The maximum Gasteiger partial charge on any atom is 0.126 e. The first kappa shape index (κ1) is 9.40. The average Bonchev–Trinajstić information content (AvgIpc) is 2.71. The first-order valence-electron chi connectivity index (χ1n) is 4.66. The lowest BCUT2D eigenvalue weighted by atomic mass is 10.3. The molecule has 0 aliphatic heterocycles. The first-order valence-corrected chi connectivity index (χ1v) is 5.47. The smallest absolute Gasteiger partial charge is 0.126 e. The molecule has 0 amide bonds. The van der Waals surface area contributed by atoms with E-state index in [1.165, 1.54) is 4.88 Å². The Labute approximate surface area is 87.4 Å². The molecular weight excluding hydrogens is 194 g/mol. The third kappa shape index (κ3) is 1.57. The van der Waals surface area contributed by atoms with Crippen molar-refractivity contribution in [2.45, 2.75) is 20.3 Å². The van der Waals surface area contributed by atoms with E-state index >= 15 is 0 Å². The molecule has 0 spiro atoms. The summed E-state index contributed by atoms with van der Waals surface area (Å²) in [5.41, 5.74) is 2.20. The zero-order chi connectivity index (χ0) is 10.1. The van der Waals surface area contributed by atoms with Crippen molar-refractivity contribution >= 4 is 11.3 Å². The van der Waals surface area contributed by atoms with Crippen LogP contribution in [0.15, 0.2) is 12.4 Å². The summed E-state index contributed by atoms with van der Waals surface area (Å²) in [4.78, 5) is 5.72. The summed E-state index contributed by atoms with van der Waals surface area (Å²) in [6.07, 6.45) is 5.02. The molecule has 0 N–H and O–H groups in total. The Balaban J connectivity index is 2.43. The lowest BCUT2D eigenvalue weighted by molar-refractivity contribution is 0.756. The highest BCUT2D eigenvalue weighted by Crippen LogP contribution is 2.27. The van der Waals surface area contributed by atoms with Crippen LogP contribution in [0, 0.1) is 6.92 Å². The molecular formula is C10H13N3S. The molecule has 2 aromatic rings. The van der Waals surface area contributed by atoms with E-state index in [0.29, 0.717) is 0 Å². The maximum atomic E-state index is 4.40. The van der Waals surface area contributed by atoms with Gasteiger partial charge in [0.25, 0.3) is 0 Å². The van der Waals surface area contributed by atoms with E-state index in [0.717, 1.165) is 22.7 Å². The SMILES string of the molecule is CCc1cnc(-c2cn(C)nc2C)s1. The average molecular weight is 207 g/mol. The minimum Gasteiger partial charge on any atom is -0.275 e. The summed E-state index contributed by atoms with van der Waals surface area (Å²) in [5, 5.41) is 5.38. The molecule has 0 radical (unpaired) electrons. The highest BCUT2D eigenvalue weighted by molar-refractivity contribution is 7.15. The van der Waals surface area contributed by atoms with Gasteiger partial charge >= 0.3 is 0 Å². The molecule has 2 heterocycles. The molecule has 0 saturated carbocycles. The van der Waals surface area contributed by atoms with Crippen LogP contribution in [0.1, 0.15) is 17.5 Å². The van der Waals surface area contributed by atoms with Gasteiger partial charge in [0, 0.05) is 24.3 Å². The van der Waals surface area contributed by atoms with Crippen LogP contribution in [0.2, 0.25) is 0 Å². The van der Waals surface area contributed by atoms with Crippen LogP contribution in [-0.4, -0.2) is 14.8 Å². The Morgan fingerprint density at radius 2 is 2.29 bits per heavy atom. The second-order valence-corrected chi connectivity index (χ2v) is 4.40. The molecule has 2 rings (SSSR count). The predicted octanol–water partition coefficient (Wildman–Crippen LogP) is 2.41. The van der Waals surface area contributed by atoms with E-state index in [9.17, 15) is 0 Å². The Morgan fingerprint density at radius 3 is 2.79 bits per heavy atom. The summed E-state index contributed by atoms with van der Waals surface area (Å²) in [7, 11) is 1.94. The molecule has 74 valence electrons. The van der Waals surface area contributed by atoms with Crippen molar-refractivity contribution in [3.8, 4) is 10.6 Å². The lowest BCUT2D eigenvalue weighted by Crippen LogP contribution is -1.86. The van der Waals surface area contributed by atoms with Crippen LogP contribution in [0.5, 0.6) is 0 Å². The summed E-state index contributed by atoms with van der Waals surface area (Å²) < 4.78 is 1.83. The van der Waals surface area contributed by atoms with Crippen molar-refractivity contribution in [3.63, 3.8) is 0 Å². The van der Waals surface area contributed by atoms with Crippen LogP contribution in [0.25, 0.3) is 10.6 Å². The van der Waals surface area contributed by atoms with Gasteiger partial charge in [0.1, 0.15) is 5.01 Å². The van der Waals surface area contributed by atoms with Crippen molar-refractivity contribution in [3.05, 3.63) is 23.0 Å². The van der Waals surface area contributed by atoms with Gasteiger partial charge in [-0.1, -0.05) is 6.92 Å². The Hall–Kier alpha value is -1.16. The van der Waals surface area contributed by atoms with Crippen molar-refractivity contribution in [2.24, 2.45) is 7.05 Å². The molecule has 4 heteroatoms. The fraction of sp³-hybridized carbons (Fsp3) is 0.400. The Bertz CT molecular complexity index is 442. The number of hydrogen-bond donors (Lipinski definition) is 0. The first-order chi connectivity index (χ1) is 6.70. The molecule has 14 heavy (non-hydrogen) atoms. The van der Waals surface area contributed by atoms with E-state index < -0.39 is 0 Å². The summed E-state index contributed by atoms with van der Waals surface area (Å²) in [6, 6.07) is 0. The van der Waals surface area contributed by atoms with Gasteiger partial charge in [-0.3, -0.25) is 4.68 Å². The van der Waals surface area contributed by atoms with Gasteiger partial charge in [-0.2, -0.15) is 5.10 Å². The van der Waals surface area contributed by atoms with Gasteiger partial charge in [-0.25, -0.2) is 4.98 Å². The zero-order valence-corrected chi connectivity index (χ0v) is 9.43. The van der Waals surface area contributed by atoms with Crippen molar-refractivity contribution in [1.82, 2.24) is 14.8 Å². The number of rotatable bonds is 2. The van der Waals surface area contributed by atoms with Crippen LogP contribution in [0.4, 0.5) is 0 Å². The molecule has 0 aliphatic carbocycles. The second-order valence-electron chi connectivity index (χ2n) is 3.29. The molecule has 0 aliphatic rings. The number of thiazole rings is 1. The van der Waals surface area contributed by atoms with Crippen molar-refractivity contribution < 1.29 is 0 Å². The van der Waals surface area contributed by atoms with Gasteiger partial charge in [0.15, 0.2) is 0 Å². The van der Waals surface area contributed by atoms with E-state index in [-0.39, 0.29) is 0 Å². The molecule has 0 fully saturated rings. The van der Waals surface area contributed by atoms with Gasteiger partial charge in [0.05, 0.1) is 11.3 Å². The standard InChI is InChI=1S/C10H13N3S/c1-4-8-5-11-10(14-8)9-6-13(3)12-7(9)2/h5-6H,4H2,1-3H3. The van der Waals surface area contributed by atoms with Crippen LogP contribution >= 0.6 is 11.3 Å². The van der Waals surface area contributed by atoms with E-state index in [4.69, 9.17) is 0 Å². The quantitative estimate of drug-likeness (QED) is 0.757. The Kier molecular flexibility index (Phi) is 2.37. The monoisotopic (exact) mass is 207 g/mol. The number of aryl methyl sites for hydroxylation is 3. The minimum atomic E-state index is 1.05. The lowest BCUT2D eigenvalue weighted by Gasteiger charge is -1.89. The zero-order valence-electron chi connectivity index (χ0n) is 8.61. The third-order valence-electron chi connectivity index (χ3n) is 2.15. The van der Waals surface area contributed by atoms with Crippen molar-refractivity contribution in [2.75, 3.05) is 0 Å². The molecule has 0 atom stereocenters. The second kappa shape index (κ2) is 3.53. The molecule has 0 unspecified atom stereocenters. The van der Waals surface area contributed by atoms with Crippen LogP contribution in [-0.2, 0) is 13.5 Å². The molecule has 0 bridgehead atoms. The molecule has 0 saturated heterocycles. The van der Waals surface area contributed by atoms with Gasteiger partial charge in [-0.05, 0) is 13.3 Å². The highest BCUT2D eigenvalue weighted by Gasteiger charge is 2.09. The number of nitrogens with zero attached hydrogens (tertiary/aromatic N) is 3. The summed E-state index contributed by atoms with van der Waals surface area (Å²) in [6.45, 7) is 4.16. The Morgan fingerprint density at radius 1 is 1.50 bits per heavy atom. The van der Waals surface area contributed by atoms with Crippen LogP contribution in [0.3, 0.4) is 0 Å². The highest BCUT2D eigenvalue weighted by atomic mass is 32.1. The van der Waals surface area contributed by atoms with Gasteiger partial charge in [0.2, 0.25) is 0 Å². The summed E-state index contributed by atoms with van der Waals surface area (Å²) in [5.74, 6) is 0. The fourth-order valence-electron chi connectivity index (χ4n) is 1.41. The largest absolute Gasteiger partial charge is 0.275 e. The van der Waals surface area contributed by atoms with Crippen LogP contribution < -0.4 is 0 Å². The van der Waals surface area contributed by atoms with Gasteiger partial charge < -0.3 is 0 Å². The molecule has 3 nitrogen and oxygen atoms in total. The third-order valence-corrected chi connectivity index (χ3v) is 3.32. The van der Waals surface area contributed by atoms with E-state index in [1.807, 2.05) is 31.0 Å².